The molecule has 0 unspecified atom stereocenters. The van der Waals surface area contributed by atoms with Gasteiger partial charge in [-0.05, 0) is 0 Å². The second-order valence-corrected chi connectivity index (χ2v) is 1.54. The van der Waals surface area contributed by atoms with E-state index in [2.05, 4.69) is 0 Å². The van der Waals surface area contributed by atoms with E-state index in [0.29, 0.717) is 0 Å². The molecule has 0 spiro atoms. The zero-order valence-corrected chi connectivity index (χ0v) is 8.82. The second-order valence-electron chi connectivity index (χ2n) is 0.513. The molecule has 12 heavy (non-hydrogen) atoms. The topological polar surface area (TPSA) is 220 Å². The van der Waals surface area contributed by atoms with E-state index in [9.17, 15) is 0 Å². The molecule has 0 fully saturated rings. The van der Waals surface area contributed by atoms with Gasteiger partial charge in [-0.15, -0.1) is 0 Å². The van der Waals surface area contributed by atoms with E-state index in [1.807, 2.05) is 0 Å². The van der Waals surface area contributed by atoms with E-state index in [1.54, 1.807) is 0 Å². The van der Waals surface area contributed by atoms with Crippen LogP contribution < -0.4 is 0 Å². The first-order chi connectivity index (χ1) is 2.00. The molecule has 12 heteroatoms. The van der Waals surface area contributed by atoms with Gasteiger partial charge in [0.1, 0.15) is 0 Å². The van der Waals surface area contributed by atoms with Crippen molar-refractivity contribution in [1.82, 2.24) is 0 Å². The summed E-state index contributed by atoms with van der Waals surface area (Å²) in [5, 5.41) is 0. The molecule has 0 aromatic heterocycles. The van der Waals surface area contributed by atoms with Crippen molar-refractivity contribution in [2.45, 2.75) is 0 Å². The fourth-order valence-electron chi connectivity index (χ4n) is 0. The van der Waals surface area contributed by atoms with Crippen LogP contribution in [0.25, 0.3) is 0 Å². The van der Waals surface area contributed by atoms with Crippen LogP contribution in [0.3, 0.4) is 0 Å². The molecule has 0 rings (SSSR count). The van der Waals surface area contributed by atoms with Crippen molar-refractivity contribution in [3.05, 3.63) is 0 Å². The van der Waals surface area contributed by atoms with Crippen LogP contribution in [0.5, 0.6) is 0 Å². The second kappa shape index (κ2) is 29.6. The SMILES string of the molecule is O=P(O)(O)O.[O-2].[O-2].[O-2].[O-2].[O-2].[V].[V]. The molecule has 0 amide bonds. The molecule has 0 aliphatic carbocycles. The van der Waals surface area contributed by atoms with Gasteiger partial charge < -0.3 is 42.1 Å². The van der Waals surface area contributed by atoms with Gasteiger partial charge in [-0.2, -0.15) is 0 Å². The molecule has 0 aromatic carbocycles. The van der Waals surface area contributed by atoms with Gasteiger partial charge in [0.25, 0.3) is 0 Å². The van der Waals surface area contributed by atoms with Crippen molar-refractivity contribution >= 4 is 7.82 Å². The van der Waals surface area contributed by atoms with Crippen molar-refractivity contribution in [3.8, 4) is 0 Å². The minimum atomic E-state index is -4.64. The van der Waals surface area contributed by atoms with Crippen molar-refractivity contribution in [2.75, 3.05) is 0 Å². The quantitative estimate of drug-likeness (QED) is 0.449. The molecule has 2 radical (unpaired) electrons. The summed E-state index contributed by atoms with van der Waals surface area (Å²) in [6, 6.07) is 0. The Morgan fingerprint density at radius 1 is 0.667 bits per heavy atom. The summed E-state index contributed by atoms with van der Waals surface area (Å²) in [5.74, 6) is 0. The fraction of sp³-hybridized carbons (Fsp3) is 0. The Hall–Kier alpha value is 1.08. The first-order valence-electron chi connectivity index (χ1n) is 0.783. The number of hydrogen-bond donors (Lipinski definition) is 3. The van der Waals surface area contributed by atoms with E-state index < -0.39 is 7.82 Å². The first-order valence-corrected chi connectivity index (χ1v) is 2.35. The third-order valence-electron chi connectivity index (χ3n) is 0. The molecular weight excluding hydrogens is 277 g/mol. The molecule has 0 atom stereocenters. The van der Waals surface area contributed by atoms with E-state index in [1.165, 1.54) is 0 Å². The Morgan fingerprint density at radius 2 is 0.667 bits per heavy atom. The average Bonchev–Trinajstić information content (AvgIpc) is 0.722. The number of hydrogen-bond acceptors (Lipinski definition) is 1. The summed E-state index contributed by atoms with van der Waals surface area (Å²) in [6.45, 7) is 0. The van der Waals surface area contributed by atoms with Crippen molar-refractivity contribution in [2.24, 2.45) is 0 Å². The average molecular weight is 280 g/mol. The van der Waals surface area contributed by atoms with Crippen LogP contribution in [-0.4, -0.2) is 14.7 Å². The molecule has 0 saturated heterocycles. The summed E-state index contributed by atoms with van der Waals surface area (Å²) in [6.07, 6.45) is 0. The van der Waals surface area contributed by atoms with Crippen LogP contribution in [0.15, 0.2) is 0 Å². The summed E-state index contributed by atoms with van der Waals surface area (Å²) < 4.78 is 8.88. The third-order valence-corrected chi connectivity index (χ3v) is 0. The summed E-state index contributed by atoms with van der Waals surface area (Å²) in [4.78, 5) is 21.6. The molecule has 82 valence electrons. The summed E-state index contributed by atoms with van der Waals surface area (Å²) >= 11 is 0. The Labute approximate surface area is 91.7 Å². The van der Waals surface area contributed by atoms with Crippen LogP contribution in [0, 0.1) is 0 Å². The van der Waals surface area contributed by atoms with E-state index in [4.69, 9.17) is 19.2 Å². The predicted octanol–water partition coefficient (Wildman–Crippen LogP) is -1.53. The molecule has 0 aliphatic rings. The van der Waals surface area contributed by atoms with E-state index >= 15 is 0 Å². The fourth-order valence-corrected chi connectivity index (χ4v) is 0. The summed E-state index contributed by atoms with van der Waals surface area (Å²) in [5.41, 5.74) is 0. The predicted molar refractivity (Wildman–Crippen MR) is 17.7 cm³/mol. The maximum absolute atomic E-state index is 8.88. The zero-order valence-electron chi connectivity index (χ0n) is 5.13. The minimum absolute atomic E-state index is 0. The first kappa shape index (κ1) is 74.0. The van der Waals surface area contributed by atoms with Gasteiger partial charge in [0.05, 0.1) is 0 Å². The van der Waals surface area contributed by atoms with Gasteiger partial charge in [0.2, 0.25) is 0 Å². The Bertz CT molecular complexity index is 58.7. The van der Waals surface area contributed by atoms with Gasteiger partial charge in [-0.25, -0.2) is 4.57 Å². The molecule has 0 bridgehead atoms. The Kier molecular flexibility index (Phi) is 182. The van der Waals surface area contributed by atoms with Gasteiger partial charge in [0.15, 0.2) is 0 Å². The van der Waals surface area contributed by atoms with Gasteiger partial charge in [-0.1, -0.05) is 0 Å². The molecule has 0 aliphatic heterocycles. The van der Waals surface area contributed by atoms with Crippen LogP contribution in [0.1, 0.15) is 0 Å². The molecule has 3 N–H and O–H groups in total. The van der Waals surface area contributed by atoms with Crippen molar-refractivity contribution in [1.29, 1.82) is 0 Å². The number of rotatable bonds is 0. The van der Waals surface area contributed by atoms with Gasteiger partial charge in [-0.3, -0.25) is 0 Å². The molecular formula is H3O9PV2-10. The maximum atomic E-state index is 8.88. The largest absolute Gasteiger partial charge is 2.00 e. The summed E-state index contributed by atoms with van der Waals surface area (Å²) in [7, 11) is -4.64. The standard InChI is InChI=1S/H3O4P.5O.2V/c1-5(2,3)4;;;;;;;/h(H3,1,2,3,4);;;;;;;/q;5*-2;;. The molecule has 9 nitrogen and oxygen atoms in total. The third kappa shape index (κ3) is 967. The molecule has 0 saturated carbocycles. The van der Waals surface area contributed by atoms with Gasteiger partial charge in [0, 0.05) is 37.1 Å². The van der Waals surface area contributed by atoms with E-state index in [-0.39, 0.29) is 64.5 Å². The smallest absolute Gasteiger partial charge is 0.466 e. The van der Waals surface area contributed by atoms with Crippen LogP contribution in [0.4, 0.5) is 0 Å². The molecule has 0 heterocycles. The van der Waals surface area contributed by atoms with Gasteiger partial charge >= 0.3 is 7.82 Å². The minimum Gasteiger partial charge on any atom is -2.00 e. The van der Waals surface area contributed by atoms with Crippen LogP contribution in [-0.2, 0) is 69.1 Å². The Morgan fingerprint density at radius 3 is 0.667 bits per heavy atom. The van der Waals surface area contributed by atoms with Crippen molar-refractivity contribution < 1.29 is 83.7 Å². The zero-order chi connectivity index (χ0) is 4.50. The van der Waals surface area contributed by atoms with Crippen molar-refractivity contribution in [3.63, 3.8) is 0 Å². The normalized spacial score (nSPS) is 4.92. The maximum Gasteiger partial charge on any atom is 0.466 e. The molecule has 0 aromatic rings. The Balaban J connectivity index is -0.00000000381. The van der Waals surface area contributed by atoms with Crippen LogP contribution >= 0.6 is 7.82 Å². The number of phosphoric acid groups is 1. The van der Waals surface area contributed by atoms with E-state index in [0.717, 1.165) is 0 Å². The van der Waals surface area contributed by atoms with Crippen LogP contribution in [0.2, 0.25) is 0 Å². The monoisotopic (exact) mass is 280 g/mol.